The summed E-state index contributed by atoms with van der Waals surface area (Å²) in [7, 11) is -0.255. The van der Waals surface area contributed by atoms with Gasteiger partial charge in [-0.15, -0.1) is 0 Å². The van der Waals surface area contributed by atoms with E-state index in [1.807, 2.05) is 18.2 Å². The van der Waals surface area contributed by atoms with Gasteiger partial charge in [0.2, 0.25) is 5.91 Å². The first-order valence-corrected chi connectivity index (χ1v) is 12.2. The van der Waals surface area contributed by atoms with Crippen LogP contribution in [0.15, 0.2) is 51.8 Å². The van der Waals surface area contributed by atoms with Gasteiger partial charge in [-0.1, -0.05) is 6.07 Å². The second kappa shape index (κ2) is 9.83. The van der Waals surface area contributed by atoms with Gasteiger partial charge in [0, 0.05) is 19.5 Å². The molecule has 0 aliphatic carbocycles. The Hall–Kier alpha value is -2.06. The fraction of sp³-hybridized carbons (Fsp3) is 0.409. The highest BCUT2D eigenvalue weighted by Crippen LogP contribution is 2.28. The number of carbonyl (C=O) groups excluding carboxylic acids is 1. The van der Waals surface area contributed by atoms with Crippen molar-refractivity contribution in [2.45, 2.75) is 35.8 Å². The lowest BCUT2D eigenvalue weighted by Crippen LogP contribution is -2.42. The Bertz CT molecular complexity index is 983. The van der Waals surface area contributed by atoms with Gasteiger partial charge in [0.05, 0.1) is 28.8 Å². The normalized spacial score (nSPS) is 15.1. The Kier molecular flexibility index (Phi) is 7.41. The smallest absolute Gasteiger partial charge is 0.222 e. The van der Waals surface area contributed by atoms with E-state index in [2.05, 4.69) is 15.9 Å². The number of halogens is 1. The van der Waals surface area contributed by atoms with Crippen molar-refractivity contribution in [1.82, 2.24) is 4.90 Å². The minimum absolute atomic E-state index is 0.0576. The van der Waals surface area contributed by atoms with E-state index >= 15 is 0 Å². The lowest BCUT2D eigenvalue weighted by Gasteiger charge is -2.32. The number of carbonyl (C=O) groups is 1. The Morgan fingerprint density at radius 1 is 1.07 bits per heavy atom. The zero-order chi connectivity index (χ0) is 21.7. The number of hydrogen-bond acceptors (Lipinski definition) is 5. The summed E-state index contributed by atoms with van der Waals surface area (Å²) in [6, 6.07) is 12.3. The van der Waals surface area contributed by atoms with Crippen molar-refractivity contribution in [3.63, 3.8) is 0 Å². The Balaban J connectivity index is 1.54. The average Bonchev–Trinajstić information content (AvgIpc) is 2.77. The van der Waals surface area contributed by atoms with E-state index < -0.39 is 15.1 Å². The van der Waals surface area contributed by atoms with E-state index in [0.29, 0.717) is 49.4 Å². The number of piperidine rings is 1. The standard InChI is InChI=1S/C22H26BrNO5S/c1-28-17-5-7-18(8-6-17)30(26,27)19-11-13-24(14-12-19)22(25)10-4-16-3-9-21(29-2)20(23)15-16/h3,5-9,15,19H,4,10-14H2,1-2H3. The first kappa shape index (κ1) is 22.6. The molecule has 0 radical (unpaired) electrons. The highest BCUT2D eigenvalue weighted by atomic mass is 79.9. The Morgan fingerprint density at radius 3 is 2.30 bits per heavy atom. The van der Waals surface area contributed by atoms with Crippen LogP contribution < -0.4 is 9.47 Å². The molecular weight excluding hydrogens is 470 g/mol. The number of ether oxygens (including phenoxy) is 2. The van der Waals surface area contributed by atoms with Crippen LogP contribution >= 0.6 is 15.9 Å². The summed E-state index contributed by atoms with van der Waals surface area (Å²) >= 11 is 3.46. The highest BCUT2D eigenvalue weighted by molar-refractivity contribution is 9.10. The maximum atomic E-state index is 12.9. The molecule has 162 valence electrons. The zero-order valence-electron chi connectivity index (χ0n) is 17.1. The first-order chi connectivity index (χ1) is 14.3. The molecule has 2 aromatic rings. The van der Waals surface area contributed by atoms with Crippen molar-refractivity contribution in [2.24, 2.45) is 0 Å². The largest absolute Gasteiger partial charge is 0.497 e. The molecule has 3 rings (SSSR count). The van der Waals surface area contributed by atoms with Crippen molar-refractivity contribution in [1.29, 1.82) is 0 Å². The van der Waals surface area contributed by atoms with Crippen LogP contribution in [0.3, 0.4) is 0 Å². The molecule has 2 aromatic carbocycles. The second-order valence-electron chi connectivity index (χ2n) is 7.27. The summed E-state index contributed by atoms with van der Waals surface area (Å²) in [5, 5.41) is -0.465. The predicted molar refractivity (Wildman–Crippen MR) is 119 cm³/mol. The van der Waals surface area contributed by atoms with Gasteiger partial charge in [-0.2, -0.15) is 0 Å². The molecule has 0 spiro atoms. The average molecular weight is 496 g/mol. The van der Waals surface area contributed by atoms with Gasteiger partial charge in [0.25, 0.3) is 0 Å². The molecule has 8 heteroatoms. The molecule has 1 amide bonds. The maximum absolute atomic E-state index is 12.9. The fourth-order valence-electron chi connectivity index (χ4n) is 3.65. The van der Waals surface area contributed by atoms with E-state index in [-0.39, 0.29) is 5.91 Å². The minimum Gasteiger partial charge on any atom is -0.497 e. The molecule has 1 heterocycles. The summed E-state index contributed by atoms with van der Waals surface area (Å²) < 4.78 is 37.0. The molecule has 1 aliphatic rings. The lowest BCUT2D eigenvalue weighted by molar-refractivity contribution is -0.132. The summed E-state index contributed by atoms with van der Waals surface area (Å²) in [5.74, 6) is 1.44. The molecule has 0 bridgehead atoms. The molecule has 1 aliphatic heterocycles. The third kappa shape index (κ3) is 5.16. The van der Waals surface area contributed by atoms with Crippen molar-refractivity contribution >= 4 is 31.7 Å². The molecule has 0 N–H and O–H groups in total. The van der Waals surface area contributed by atoms with E-state index in [0.717, 1.165) is 15.8 Å². The first-order valence-electron chi connectivity index (χ1n) is 9.83. The molecule has 0 unspecified atom stereocenters. The van der Waals surface area contributed by atoms with E-state index in [1.165, 1.54) is 0 Å². The van der Waals surface area contributed by atoms with Crippen LogP contribution in [0.25, 0.3) is 0 Å². The van der Waals surface area contributed by atoms with Crippen molar-refractivity contribution in [3.8, 4) is 11.5 Å². The number of rotatable bonds is 7. The number of methoxy groups -OCH3 is 2. The molecule has 1 fully saturated rings. The third-order valence-electron chi connectivity index (χ3n) is 5.47. The van der Waals surface area contributed by atoms with E-state index in [1.54, 1.807) is 43.4 Å². The molecule has 0 aromatic heterocycles. The number of benzene rings is 2. The molecule has 0 atom stereocenters. The number of hydrogen-bond donors (Lipinski definition) is 0. The molecule has 30 heavy (non-hydrogen) atoms. The van der Waals surface area contributed by atoms with Gasteiger partial charge in [-0.05, 0) is 77.2 Å². The predicted octanol–water partition coefficient (Wildman–Crippen LogP) is 3.86. The topological polar surface area (TPSA) is 72.9 Å². The summed E-state index contributed by atoms with van der Waals surface area (Å²) in [6.07, 6.45) is 1.93. The van der Waals surface area contributed by atoms with Gasteiger partial charge in [0.15, 0.2) is 9.84 Å². The van der Waals surface area contributed by atoms with Crippen LogP contribution in [0.4, 0.5) is 0 Å². The van der Waals surface area contributed by atoms with E-state index in [9.17, 15) is 13.2 Å². The molecular formula is C22H26BrNO5S. The summed E-state index contributed by atoms with van der Waals surface area (Å²) in [4.78, 5) is 14.7. The number of amides is 1. The highest BCUT2D eigenvalue weighted by Gasteiger charge is 2.32. The zero-order valence-corrected chi connectivity index (χ0v) is 19.5. The van der Waals surface area contributed by atoms with Crippen LogP contribution in [-0.2, 0) is 21.1 Å². The molecule has 6 nitrogen and oxygen atoms in total. The fourth-order valence-corrected chi connectivity index (χ4v) is 5.97. The molecule has 1 saturated heterocycles. The molecule has 0 saturated carbocycles. The Morgan fingerprint density at radius 2 is 1.73 bits per heavy atom. The SMILES string of the molecule is COc1ccc(S(=O)(=O)C2CCN(C(=O)CCc3ccc(OC)c(Br)c3)CC2)cc1. The number of aryl methyl sites for hydroxylation is 1. The second-order valence-corrected chi connectivity index (χ2v) is 10.4. The Labute approximate surface area is 186 Å². The third-order valence-corrected chi connectivity index (χ3v) is 8.36. The van der Waals surface area contributed by atoms with Crippen molar-refractivity contribution in [2.75, 3.05) is 27.3 Å². The van der Waals surface area contributed by atoms with Crippen molar-refractivity contribution < 1.29 is 22.7 Å². The van der Waals surface area contributed by atoms with Crippen molar-refractivity contribution in [3.05, 3.63) is 52.5 Å². The number of likely N-dealkylation sites (tertiary alicyclic amines) is 1. The number of nitrogens with zero attached hydrogens (tertiary/aromatic N) is 1. The lowest BCUT2D eigenvalue weighted by atomic mass is 10.1. The quantitative estimate of drug-likeness (QED) is 0.582. The van der Waals surface area contributed by atoms with Gasteiger partial charge >= 0.3 is 0 Å². The van der Waals surface area contributed by atoms with Crippen LogP contribution in [-0.4, -0.2) is 51.8 Å². The van der Waals surface area contributed by atoms with Gasteiger partial charge in [-0.3, -0.25) is 4.79 Å². The van der Waals surface area contributed by atoms with Crippen LogP contribution in [0.1, 0.15) is 24.8 Å². The van der Waals surface area contributed by atoms with Gasteiger partial charge in [0.1, 0.15) is 11.5 Å². The van der Waals surface area contributed by atoms with Gasteiger partial charge < -0.3 is 14.4 Å². The monoisotopic (exact) mass is 495 g/mol. The van der Waals surface area contributed by atoms with E-state index in [4.69, 9.17) is 9.47 Å². The summed E-state index contributed by atoms with van der Waals surface area (Å²) in [6.45, 7) is 0.927. The summed E-state index contributed by atoms with van der Waals surface area (Å²) in [5.41, 5.74) is 1.05. The number of sulfone groups is 1. The minimum atomic E-state index is -3.41. The van der Waals surface area contributed by atoms with Crippen LogP contribution in [0.2, 0.25) is 0 Å². The van der Waals surface area contributed by atoms with Crippen LogP contribution in [0.5, 0.6) is 11.5 Å². The van der Waals surface area contributed by atoms with Crippen LogP contribution in [0, 0.1) is 0 Å². The maximum Gasteiger partial charge on any atom is 0.222 e. The van der Waals surface area contributed by atoms with Gasteiger partial charge in [-0.25, -0.2) is 8.42 Å².